The first-order valence-corrected chi connectivity index (χ1v) is 9.55. The number of ether oxygens (including phenoxy) is 1. The van der Waals surface area contributed by atoms with Crippen molar-refractivity contribution in [2.75, 3.05) is 12.4 Å². The topological polar surface area (TPSA) is 95.1 Å². The minimum Gasteiger partial charge on any atom is -0.497 e. The number of nitro benzene ring substituents is 1. The van der Waals surface area contributed by atoms with E-state index in [-0.39, 0.29) is 10.6 Å². The summed E-state index contributed by atoms with van der Waals surface area (Å²) in [7, 11) is 1.65. The van der Waals surface area contributed by atoms with E-state index < -0.39 is 0 Å². The Hall–Kier alpha value is -3.42. The van der Waals surface area contributed by atoms with Crippen LogP contribution in [0.15, 0.2) is 42.5 Å². The van der Waals surface area contributed by atoms with Gasteiger partial charge in [-0.25, -0.2) is 4.68 Å². The molecule has 0 aliphatic rings. The first-order chi connectivity index (χ1) is 14.0. The van der Waals surface area contributed by atoms with Crippen LogP contribution in [0.3, 0.4) is 0 Å². The molecule has 1 heterocycles. The summed E-state index contributed by atoms with van der Waals surface area (Å²) in [5.41, 5.74) is 3.82. The summed E-state index contributed by atoms with van der Waals surface area (Å²) >= 11 is 0. The molecule has 0 atom stereocenters. The van der Waals surface area contributed by atoms with Crippen LogP contribution in [0.25, 0.3) is 0 Å². The Balaban J connectivity index is 1.66. The van der Waals surface area contributed by atoms with Crippen LogP contribution < -0.4 is 10.1 Å². The standard InChI is InChI=1S/C21H25N5O3/c1-4-19-21(22-14-17-6-5-15(2)20(13-17)26(27)28)23-24-25(19)12-11-16-7-9-18(29-3)10-8-16/h5-10,13,22H,4,11-12,14H2,1-3H3. The van der Waals surface area contributed by atoms with Gasteiger partial charge in [-0.05, 0) is 43.0 Å². The Bertz CT molecular complexity index is 982. The molecular weight excluding hydrogens is 370 g/mol. The summed E-state index contributed by atoms with van der Waals surface area (Å²) in [6.07, 6.45) is 1.62. The maximum atomic E-state index is 11.1. The second-order valence-corrected chi connectivity index (χ2v) is 6.79. The van der Waals surface area contributed by atoms with Crippen molar-refractivity contribution in [1.82, 2.24) is 15.0 Å². The van der Waals surface area contributed by atoms with Crippen LogP contribution in [0, 0.1) is 17.0 Å². The summed E-state index contributed by atoms with van der Waals surface area (Å²) in [5, 5.41) is 22.9. The van der Waals surface area contributed by atoms with Crippen LogP contribution in [0.2, 0.25) is 0 Å². The number of benzene rings is 2. The number of nitrogens with zero attached hydrogens (tertiary/aromatic N) is 4. The Labute approximate surface area is 169 Å². The molecule has 29 heavy (non-hydrogen) atoms. The van der Waals surface area contributed by atoms with Gasteiger partial charge in [0.15, 0.2) is 5.82 Å². The lowest BCUT2D eigenvalue weighted by molar-refractivity contribution is -0.385. The highest BCUT2D eigenvalue weighted by Gasteiger charge is 2.13. The minimum atomic E-state index is -0.355. The van der Waals surface area contributed by atoms with Crippen LogP contribution in [-0.2, 0) is 25.9 Å². The summed E-state index contributed by atoms with van der Waals surface area (Å²) in [6.45, 7) is 4.97. The number of methoxy groups -OCH3 is 1. The fourth-order valence-corrected chi connectivity index (χ4v) is 3.17. The highest BCUT2D eigenvalue weighted by Crippen LogP contribution is 2.21. The molecule has 0 saturated carbocycles. The number of nitrogens with one attached hydrogen (secondary N) is 1. The Morgan fingerprint density at radius 2 is 1.90 bits per heavy atom. The van der Waals surface area contributed by atoms with E-state index in [4.69, 9.17) is 4.74 Å². The van der Waals surface area contributed by atoms with Crippen molar-refractivity contribution in [3.8, 4) is 5.75 Å². The molecule has 8 nitrogen and oxygen atoms in total. The molecule has 0 amide bonds. The molecule has 2 aromatic carbocycles. The third-order valence-electron chi connectivity index (χ3n) is 4.87. The van der Waals surface area contributed by atoms with Crippen LogP contribution in [0.5, 0.6) is 5.75 Å². The minimum absolute atomic E-state index is 0.128. The van der Waals surface area contributed by atoms with E-state index in [1.54, 1.807) is 26.2 Å². The fraction of sp³-hybridized carbons (Fsp3) is 0.333. The van der Waals surface area contributed by atoms with Gasteiger partial charge in [-0.15, -0.1) is 5.10 Å². The van der Waals surface area contributed by atoms with Crippen molar-refractivity contribution in [3.05, 3.63) is 75.0 Å². The van der Waals surface area contributed by atoms with Gasteiger partial charge in [0.05, 0.1) is 17.7 Å². The Morgan fingerprint density at radius 3 is 2.55 bits per heavy atom. The summed E-state index contributed by atoms with van der Waals surface area (Å²) in [4.78, 5) is 10.8. The average molecular weight is 395 g/mol. The Kier molecular flexibility index (Phi) is 6.43. The number of rotatable bonds is 9. The van der Waals surface area contributed by atoms with Gasteiger partial charge >= 0.3 is 0 Å². The van der Waals surface area contributed by atoms with Crippen LogP contribution in [0.4, 0.5) is 11.5 Å². The molecule has 0 fully saturated rings. The molecule has 3 rings (SSSR count). The maximum Gasteiger partial charge on any atom is 0.272 e. The SMILES string of the molecule is CCc1c(NCc2ccc(C)c([N+](=O)[O-])c2)nnn1CCc1ccc(OC)cc1. The van der Waals surface area contributed by atoms with Gasteiger partial charge in [0.1, 0.15) is 5.75 Å². The number of aryl methyl sites for hydroxylation is 3. The highest BCUT2D eigenvalue weighted by molar-refractivity contribution is 5.45. The van der Waals surface area contributed by atoms with Crippen LogP contribution in [-0.4, -0.2) is 27.0 Å². The quantitative estimate of drug-likeness (QED) is 0.436. The molecule has 0 spiro atoms. The number of hydrogen-bond donors (Lipinski definition) is 1. The average Bonchev–Trinajstić information content (AvgIpc) is 3.13. The molecule has 3 aromatic rings. The molecule has 0 aliphatic carbocycles. The molecule has 0 unspecified atom stereocenters. The van der Waals surface area contributed by atoms with Gasteiger partial charge < -0.3 is 10.1 Å². The van der Waals surface area contributed by atoms with E-state index in [9.17, 15) is 10.1 Å². The zero-order valence-corrected chi connectivity index (χ0v) is 16.9. The van der Waals surface area contributed by atoms with Gasteiger partial charge in [0, 0.05) is 24.7 Å². The van der Waals surface area contributed by atoms with Gasteiger partial charge in [-0.3, -0.25) is 10.1 Å². The van der Waals surface area contributed by atoms with Crippen LogP contribution in [0.1, 0.15) is 29.3 Å². The van der Waals surface area contributed by atoms with E-state index in [1.807, 2.05) is 35.0 Å². The van der Waals surface area contributed by atoms with Crippen molar-refractivity contribution in [2.24, 2.45) is 0 Å². The molecule has 8 heteroatoms. The fourth-order valence-electron chi connectivity index (χ4n) is 3.17. The van der Waals surface area contributed by atoms with Gasteiger partial charge in [-0.1, -0.05) is 36.4 Å². The second-order valence-electron chi connectivity index (χ2n) is 6.79. The zero-order chi connectivity index (χ0) is 20.8. The number of hydrogen-bond acceptors (Lipinski definition) is 6. The molecule has 1 N–H and O–H groups in total. The van der Waals surface area contributed by atoms with Gasteiger partial charge in [0.25, 0.3) is 5.69 Å². The lowest BCUT2D eigenvalue weighted by Gasteiger charge is -2.09. The van der Waals surface area contributed by atoms with E-state index in [0.717, 1.165) is 36.4 Å². The first kappa shape index (κ1) is 20.3. The predicted molar refractivity (Wildman–Crippen MR) is 111 cm³/mol. The lowest BCUT2D eigenvalue weighted by Crippen LogP contribution is -2.09. The maximum absolute atomic E-state index is 11.1. The van der Waals surface area contributed by atoms with Gasteiger partial charge in [-0.2, -0.15) is 0 Å². The van der Waals surface area contributed by atoms with Crippen LogP contribution >= 0.6 is 0 Å². The molecule has 0 saturated heterocycles. The van der Waals surface area contributed by atoms with E-state index >= 15 is 0 Å². The number of anilines is 1. The molecular formula is C21H25N5O3. The molecule has 1 aromatic heterocycles. The zero-order valence-electron chi connectivity index (χ0n) is 16.9. The lowest BCUT2D eigenvalue weighted by atomic mass is 10.1. The van der Waals surface area contributed by atoms with Crippen molar-refractivity contribution in [2.45, 2.75) is 39.8 Å². The number of aromatic nitrogens is 3. The first-order valence-electron chi connectivity index (χ1n) is 9.55. The van der Waals surface area contributed by atoms with E-state index in [1.165, 1.54) is 5.56 Å². The van der Waals surface area contributed by atoms with Crippen molar-refractivity contribution < 1.29 is 9.66 Å². The summed E-state index contributed by atoms with van der Waals surface area (Å²) in [6, 6.07) is 13.2. The third-order valence-corrected chi connectivity index (χ3v) is 4.87. The van der Waals surface area contributed by atoms with E-state index in [0.29, 0.717) is 17.9 Å². The second kappa shape index (κ2) is 9.18. The highest BCUT2D eigenvalue weighted by atomic mass is 16.6. The predicted octanol–water partition coefficient (Wildman–Crippen LogP) is 3.92. The largest absolute Gasteiger partial charge is 0.497 e. The Morgan fingerprint density at radius 1 is 1.17 bits per heavy atom. The number of nitro groups is 1. The molecule has 0 radical (unpaired) electrons. The summed E-state index contributed by atoms with van der Waals surface area (Å²) < 4.78 is 7.10. The smallest absolute Gasteiger partial charge is 0.272 e. The monoisotopic (exact) mass is 395 g/mol. The molecule has 0 aliphatic heterocycles. The normalized spacial score (nSPS) is 10.7. The summed E-state index contributed by atoms with van der Waals surface area (Å²) in [5.74, 6) is 1.55. The van der Waals surface area contributed by atoms with Crippen molar-refractivity contribution >= 4 is 11.5 Å². The molecule has 152 valence electrons. The third kappa shape index (κ3) is 4.90. The van der Waals surface area contributed by atoms with E-state index in [2.05, 4.69) is 22.6 Å². The van der Waals surface area contributed by atoms with Crippen molar-refractivity contribution in [3.63, 3.8) is 0 Å². The van der Waals surface area contributed by atoms with Crippen molar-refractivity contribution in [1.29, 1.82) is 0 Å². The molecule has 0 bridgehead atoms. The van der Waals surface area contributed by atoms with Gasteiger partial charge in [0.2, 0.25) is 0 Å².